The molecule has 0 heterocycles. The predicted octanol–water partition coefficient (Wildman–Crippen LogP) is 0.322. The molecule has 272 valence electrons. The number of aliphatic imine (C=N–C) groups is 4. The van der Waals surface area contributed by atoms with Gasteiger partial charge in [0, 0.05) is 34.5 Å². The van der Waals surface area contributed by atoms with Crippen LogP contribution in [0.4, 0.5) is 11.4 Å². The number of aliphatic hydroxyl groups is 5. The molecule has 15 N–H and O–H groups in total. The molecule has 2 aromatic rings. The third-order valence-electron chi connectivity index (χ3n) is 6.10. The summed E-state index contributed by atoms with van der Waals surface area (Å²) in [6.45, 7) is 1.85. The van der Waals surface area contributed by atoms with Gasteiger partial charge in [-0.25, -0.2) is 4.79 Å². The van der Waals surface area contributed by atoms with Gasteiger partial charge in [-0.05, 0) is 68.3 Å². The third-order valence-corrected chi connectivity index (χ3v) is 6.60. The first-order chi connectivity index (χ1) is 23.3. The molecule has 0 saturated carbocycles. The van der Waals surface area contributed by atoms with Crippen LogP contribution in [0.5, 0.6) is 0 Å². The highest BCUT2D eigenvalue weighted by Crippen LogP contribution is 2.14. The fourth-order valence-electron chi connectivity index (χ4n) is 3.59. The Morgan fingerprint density at radius 3 is 1.51 bits per heavy atom. The van der Waals surface area contributed by atoms with Crippen molar-refractivity contribution in [3.8, 4) is 0 Å². The third kappa shape index (κ3) is 18.8. The molecule has 0 fully saturated rings. The minimum Gasteiger partial charge on any atom is -0.464 e. The first-order valence-corrected chi connectivity index (χ1v) is 15.9. The van der Waals surface area contributed by atoms with Crippen LogP contribution in [-0.4, -0.2) is 106 Å². The summed E-state index contributed by atoms with van der Waals surface area (Å²) in [4.78, 5) is 27.4. The van der Waals surface area contributed by atoms with Crippen molar-refractivity contribution in [3.05, 3.63) is 58.6 Å². The number of nitrogens with one attached hydrogen (secondary N) is 2. The molecule has 0 amide bonds. The molecular weight excluding hydrogens is 683 g/mol. The van der Waals surface area contributed by atoms with Crippen LogP contribution in [0.3, 0.4) is 0 Å². The van der Waals surface area contributed by atoms with Crippen LogP contribution in [0.1, 0.15) is 32.6 Å². The van der Waals surface area contributed by atoms with Gasteiger partial charge < -0.3 is 63.8 Å². The number of ether oxygens (including phenoxy) is 1. The molecule has 4 atom stereocenters. The maximum absolute atomic E-state index is 10.9. The van der Waals surface area contributed by atoms with Crippen LogP contribution in [0, 0.1) is 0 Å². The summed E-state index contributed by atoms with van der Waals surface area (Å²) in [5.41, 5.74) is 24.8. The number of nitrogens with two attached hydrogens (primary N) is 4. The molecule has 19 heteroatoms. The Bertz CT molecular complexity index is 1300. The van der Waals surface area contributed by atoms with Gasteiger partial charge in [-0.1, -0.05) is 36.0 Å². The molecule has 2 rings (SSSR count). The standard InChI is InChI=1S/C22H30Cl2N10.C8H16O7/c23-15-5-9-17(10-6-15)31-21(27)33-19(25)29-13-3-1-2-4-14-30-20(26)34-22(28)32-18-11-7-16(24)8-12-18;1-2-15-8(14)7(13)6(12)5(11)4(10)3-9/h5-12H,1-4,13-14H2,(H5,25,27,29,31,33)(H5,26,28,30,32,34);4-7,9-13H,2-3H2,1H3/t;4-,5-,6+,7-/m.1/s1. The van der Waals surface area contributed by atoms with Crippen molar-refractivity contribution in [2.45, 2.75) is 57.0 Å². The summed E-state index contributed by atoms with van der Waals surface area (Å²) in [5.74, 6) is -0.538. The van der Waals surface area contributed by atoms with Gasteiger partial charge in [-0.3, -0.25) is 9.98 Å². The molecule has 0 aliphatic rings. The van der Waals surface area contributed by atoms with E-state index in [-0.39, 0.29) is 30.4 Å². The molecular formula is C30H46Cl2N10O7. The minimum atomic E-state index is -1.96. The summed E-state index contributed by atoms with van der Waals surface area (Å²) in [7, 11) is 0. The number of carbonyl (C=O) groups is 1. The summed E-state index contributed by atoms with van der Waals surface area (Å²) in [6, 6.07) is 14.1. The monoisotopic (exact) mass is 728 g/mol. The van der Waals surface area contributed by atoms with Crippen molar-refractivity contribution in [1.82, 2.24) is 0 Å². The molecule has 0 unspecified atom stereocenters. The predicted molar refractivity (Wildman–Crippen MR) is 193 cm³/mol. The maximum Gasteiger partial charge on any atom is 0.337 e. The van der Waals surface area contributed by atoms with E-state index in [4.69, 9.17) is 66.6 Å². The number of aliphatic hydroxyl groups excluding tert-OH is 5. The van der Waals surface area contributed by atoms with Crippen LogP contribution in [0.2, 0.25) is 10.0 Å². The van der Waals surface area contributed by atoms with E-state index in [0.29, 0.717) is 23.1 Å². The first kappa shape index (κ1) is 42.8. The van der Waals surface area contributed by atoms with Gasteiger partial charge >= 0.3 is 5.97 Å². The topological polar surface area (TPSA) is 305 Å². The van der Waals surface area contributed by atoms with Crippen molar-refractivity contribution < 1.29 is 35.1 Å². The normalized spacial score (nSPS) is 14.9. The van der Waals surface area contributed by atoms with Gasteiger partial charge in [0.1, 0.15) is 18.3 Å². The van der Waals surface area contributed by atoms with Crippen LogP contribution in [0.25, 0.3) is 0 Å². The highest BCUT2D eigenvalue weighted by Gasteiger charge is 2.34. The van der Waals surface area contributed by atoms with Crippen molar-refractivity contribution in [2.75, 3.05) is 36.9 Å². The van der Waals surface area contributed by atoms with Gasteiger partial charge in [-0.15, -0.1) is 0 Å². The Balaban J connectivity index is 0.000000673. The summed E-state index contributed by atoms with van der Waals surface area (Å²) >= 11 is 11.7. The van der Waals surface area contributed by atoms with E-state index in [9.17, 15) is 9.90 Å². The van der Waals surface area contributed by atoms with Gasteiger partial charge in [0.05, 0.1) is 13.2 Å². The number of halogens is 2. The minimum absolute atomic E-state index is 0.0151. The molecule has 0 spiro atoms. The Kier molecular flexibility index (Phi) is 21.0. The SMILES string of the molecule is CCOC(=O)[C@H](O)[C@@H](O)[C@H](O)[C@H](O)CO.NC(=NCCCCCCN=C(N)N=C(N)Nc1ccc(Cl)cc1)N=C(N)Nc1ccc(Cl)cc1. The molecule has 0 radical (unpaired) electrons. The first-order valence-electron chi connectivity index (χ1n) is 15.1. The zero-order chi connectivity index (χ0) is 36.8. The van der Waals surface area contributed by atoms with E-state index < -0.39 is 37.0 Å². The number of nitrogens with zero attached hydrogens (tertiary/aromatic N) is 4. The van der Waals surface area contributed by atoms with Gasteiger partial charge in [0.2, 0.25) is 23.8 Å². The second kappa shape index (κ2) is 24.0. The average Bonchev–Trinajstić information content (AvgIpc) is 3.06. The van der Waals surface area contributed by atoms with E-state index in [0.717, 1.165) is 37.1 Å². The highest BCUT2D eigenvalue weighted by atomic mass is 35.5. The second-order valence-electron chi connectivity index (χ2n) is 10.1. The smallest absolute Gasteiger partial charge is 0.337 e. The van der Waals surface area contributed by atoms with Crippen LogP contribution in [0.15, 0.2) is 68.5 Å². The van der Waals surface area contributed by atoms with Gasteiger partial charge in [0.15, 0.2) is 6.10 Å². The molecule has 49 heavy (non-hydrogen) atoms. The number of hydrogen-bond acceptors (Lipinski definition) is 9. The lowest BCUT2D eigenvalue weighted by molar-refractivity contribution is -0.169. The summed E-state index contributed by atoms with van der Waals surface area (Å²) < 4.78 is 4.38. The van der Waals surface area contributed by atoms with E-state index in [1.807, 2.05) is 0 Å². The summed E-state index contributed by atoms with van der Waals surface area (Å²) in [6.07, 6.45) is -3.65. The van der Waals surface area contributed by atoms with Gasteiger partial charge in [0.25, 0.3) is 0 Å². The van der Waals surface area contributed by atoms with E-state index in [2.05, 4.69) is 35.3 Å². The largest absolute Gasteiger partial charge is 0.464 e. The molecule has 17 nitrogen and oxygen atoms in total. The number of unbranched alkanes of at least 4 members (excludes halogenated alkanes) is 3. The van der Waals surface area contributed by atoms with Gasteiger partial charge in [-0.2, -0.15) is 9.98 Å². The maximum atomic E-state index is 10.9. The Morgan fingerprint density at radius 1 is 0.735 bits per heavy atom. The van der Waals surface area contributed by atoms with E-state index >= 15 is 0 Å². The lowest BCUT2D eigenvalue weighted by Gasteiger charge is -2.24. The molecule has 0 bridgehead atoms. The number of rotatable bonds is 15. The Morgan fingerprint density at radius 2 is 1.14 bits per heavy atom. The fraction of sp³-hybridized carbons (Fsp3) is 0.433. The number of guanidine groups is 4. The summed E-state index contributed by atoms with van der Waals surface area (Å²) in [5, 5.41) is 52.0. The highest BCUT2D eigenvalue weighted by molar-refractivity contribution is 6.31. The second-order valence-corrected chi connectivity index (χ2v) is 11.0. The van der Waals surface area contributed by atoms with Crippen LogP contribution < -0.4 is 33.6 Å². The van der Waals surface area contributed by atoms with Crippen LogP contribution in [-0.2, 0) is 9.53 Å². The molecule has 0 aromatic heterocycles. The lowest BCUT2D eigenvalue weighted by atomic mass is 10.0. The quantitative estimate of drug-likeness (QED) is 0.0510. The molecule has 0 aliphatic heterocycles. The number of esters is 1. The van der Waals surface area contributed by atoms with Crippen LogP contribution >= 0.6 is 23.2 Å². The number of hydrogen-bond donors (Lipinski definition) is 11. The molecule has 0 aliphatic carbocycles. The number of benzene rings is 2. The average molecular weight is 730 g/mol. The van der Waals surface area contributed by atoms with E-state index in [1.54, 1.807) is 48.5 Å². The molecule has 0 saturated heterocycles. The fourth-order valence-corrected chi connectivity index (χ4v) is 3.84. The number of carbonyl (C=O) groups excluding carboxylic acids is 1. The zero-order valence-corrected chi connectivity index (χ0v) is 28.5. The van der Waals surface area contributed by atoms with E-state index in [1.165, 1.54) is 6.92 Å². The Labute approximate surface area is 294 Å². The number of anilines is 2. The molecule has 2 aromatic carbocycles. The zero-order valence-electron chi connectivity index (χ0n) is 27.0. The van der Waals surface area contributed by atoms with Crippen molar-refractivity contribution >= 4 is 64.4 Å². The Hall–Kier alpha value is -4.23. The van der Waals surface area contributed by atoms with Crippen molar-refractivity contribution in [2.24, 2.45) is 42.9 Å². The van der Waals surface area contributed by atoms with Crippen molar-refractivity contribution in [3.63, 3.8) is 0 Å². The lowest BCUT2D eigenvalue weighted by Crippen LogP contribution is -2.49. The van der Waals surface area contributed by atoms with Crippen molar-refractivity contribution in [1.29, 1.82) is 0 Å².